The molecule has 0 rings (SSSR count). The maximum atomic E-state index is 7.57. The van der Waals surface area contributed by atoms with Crippen LogP contribution < -0.4 is 0 Å². The average Bonchev–Trinajstić information content (AvgIpc) is 1.63. The standard InChI is InChI=1S/C5H14OSi.C2H6O/c1-5-6-7(2,3)4;1-2-3/h5H2,1-4H3;3H,2H2,1H3. The number of rotatable bonds is 2. The largest absolute Gasteiger partial charge is 0.418 e. The molecule has 0 atom stereocenters. The lowest BCUT2D eigenvalue weighted by Crippen LogP contribution is -2.24. The topological polar surface area (TPSA) is 29.5 Å². The molecule has 0 bridgehead atoms. The molecule has 0 heterocycles. The first-order valence-corrected chi connectivity index (χ1v) is 7.13. The highest BCUT2D eigenvalue weighted by Gasteiger charge is 2.11. The van der Waals surface area contributed by atoms with Gasteiger partial charge in [0.15, 0.2) is 8.32 Å². The maximum absolute atomic E-state index is 7.57. The molecule has 0 unspecified atom stereocenters. The molecule has 3 heteroatoms. The first kappa shape index (κ1) is 12.8. The molecule has 0 amide bonds. The van der Waals surface area contributed by atoms with Crippen LogP contribution in [0.3, 0.4) is 0 Å². The van der Waals surface area contributed by atoms with Crippen molar-refractivity contribution in [3.8, 4) is 0 Å². The highest BCUT2D eigenvalue weighted by molar-refractivity contribution is 6.69. The van der Waals surface area contributed by atoms with E-state index in [0.717, 1.165) is 6.61 Å². The number of aliphatic hydroxyl groups is 1. The van der Waals surface area contributed by atoms with Crippen LogP contribution in [0.1, 0.15) is 13.8 Å². The van der Waals surface area contributed by atoms with Crippen LogP contribution >= 0.6 is 0 Å². The number of hydrogen-bond acceptors (Lipinski definition) is 2. The summed E-state index contributed by atoms with van der Waals surface area (Å²) in [6.45, 7) is 11.4. The second-order valence-electron chi connectivity index (χ2n) is 2.86. The summed E-state index contributed by atoms with van der Waals surface area (Å²) in [4.78, 5) is 0. The van der Waals surface area contributed by atoms with E-state index in [-0.39, 0.29) is 6.61 Å². The number of aliphatic hydroxyl groups excluding tert-OH is 1. The molecule has 0 spiro atoms. The molecule has 1 N–H and O–H groups in total. The van der Waals surface area contributed by atoms with Crippen molar-refractivity contribution in [2.75, 3.05) is 13.2 Å². The van der Waals surface area contributed by atoms with Crippen molar-refractivity contribution in [3.05, 3.63) is 0 Å². The SMILES string of the molecule is CCO.CCO[Si](C)(C)C. The Morgan fingerprint density at radius 1 is 1.20 bits per heavy atom. The van der Waals surface area contributed by atoms with Gasteiger partial charge in [0.25, 0.3) is 0 Å². The Bertz CT molecular complexity index is 59.1. The molecular formula is C7H20O2Si. The molecule has 0 fully saturated rings. The summed E-state index contributed by atoms with van der Waals surface area (Å²) in [7, 11) is -1.16. The van der Waals surface area contributed by atoms with Crippen LogP contribution in [0.2, 0.25) is 19.6 Å². The van der Waals surface area contributed by atoms with Crippen molar-refractivity contribution >= 4 is 8.32 Å². The average molecular weight is 164 g/mol. The van der Waals surface area contributed by atoms with Gasteiger partial charge in [-0.05, 0) is 33.5 Å². The van der Waals surface area contributed by atoms with E-state index in [4.69, 9.17) is 9.53 Å². The molecule has 0 aliphatic heterocycles. The Hall–Kier alpha value is 0.137. The summed E-state index contributed by atoms with van der Waals surface area (Å²) >= 11 is 0. The predicted octanol–water partition coefficient (Wildman–Crippen LogP) is 1.86. The van der Waals surface area contributed by atoms with Gasteiger partial charge in [-0.25, -0.2) is 0 Å². The van der Waals surface area contributed by atoms with Crippen molar-refractivity contribution in [2.45, 2.75) is 33.5 Å². The van der Waals surface area contributed by atoms with Gasteiger partial charge in [-0.1, -0.05) is 0 Å². The summed E-state index contributed by atoms with van der Waals surface area (Å²) < 4.78 is 5.37. The van der Waals surface area contributed by atoms with Gasteiger partial charge in [-0.15, -0.1) is 0 Å². The van der Waals surface area contributed by atoms with Gasteiger partial charge < -0.3 is 9.53 Å². The Morgan fingerprint density at radius 2 is 1.50 bits per heavy atom. The molecule has 10 heavy (non-hydrogen) atoms. The minimum absolute atomic E-state index is 0.250. The molecule has 0 aromatic carbocycles. The van der Waals surface area contributed by atoms with Crippen LogP contribution in [-0.2, 0) is 4.43 Å². The Morgan fingerprint density at radius 3 is 1.50 bits per heavy atom. The quantitative estimate of drug-likeness (QED) is 0.631. The zero-order chi connectivity index (χ0) is 8.62. The van der Waals surface area contributed by atoms with Crippen LogP contribution in [0.15, 0.2) is 0 Å². The third-order valence-electron chi connectivity index (χ3n) is 0.577. The van der Waals surface area contributed by atoms with Gasteiger partial charge in [-0.2, -0.15) is 0 Å². The Kier molecular flexibility index (Phi) is 9.26. The normalized spacial score (nSPS) is 10.2. The highest BCUT2D eigenvalue weighted by Crippen LogP contribution is 2.00. The van der Waals surface area contributed by atoms with Gasteiger partial charge in [0.1, 0.15) is 0 Å². The van der Waals surface area contributed by atoms with Crippen molar-refractivity contribution in [1.29, 1.82) is 0 Å². The van der Waals surface area contributed by atoms with Crippen molar-refractivity contribution < 1.29 is 9.53 Å². The van der Waals surface area contributed by atoms with E-state index in [2.05, 4.69) is 19.6 Å². The highest BCUT2D eigenvalue weighted by atomic mass is 28.4. The second-order valence-corrected chi connectivity index (χ2v) is 7.38. The smallest absolute Gasteiger partial charge is 0.183 e. The van der Waals surface area contributed by atoms with Crippen LogP contribution in [0.4, 0.5) is 0 Å². The van der Waals surface area contributed by atoms with Crippen molar-refractivity contribution in [2.24, 2.45) is 0 Å². The fraction of sp³-hybridized carbons (Fsp3) is 1.00. The lowest BCUT2D eigenvalue weighted by molar-refractivity contribution is 0.318. The summed E-state index contributed by atoms with van der Waals surface area (Å²) in [6, 6.07) is 0. The van der Waals surface area contributed by atoms with E-state index in [1.54, 1.807) is 6.92 Å². The predicted molar refractivity (Wildman–Crippen MR) is 47.7 cm³/mol. The third kappa shape index (κ3) is 24.2. The molecule has 0 saturated heterocycles. The van der Waals surface area contributed by atoms with E-state index in [9.17, 15) is 0 Å². The molecule has 0 radical (unpaired) electrons. The second kappa shape index (κ2) is 7.25. The molecule has 64 valence electrons. The van der Waals surface area contributed by atoms with Crippen molar-refractivity contribution in [3.63, 3.8) is 0 Å². The molecular weight excluding hydrogens is 144 g/mol. The summed E-state index contributed by atoms with van der Waals surface area (Å²) in [6.07, 6.45) is 0. The minimum atomic E-state index is -1.16. The molecule has 0 aliphatic carbocycles. The Labute approximate surface area is 65.3 Å². The fourth-order valence-electron chi connectivity index (χ4n) is 0.433. The van der Waals surface area contributed by atoms with Crippen LogP contribution in [-0.4, -0.2) is 26.6 Å². The van der Waals surface area contributed by atoms with Gasteiger partial charge >= 0.3 is 0 Å². The zero-order valence-corrected chi connectivity index (χ0v) is 8.77. The van der Waals surface area contributed by atoms with Gasteiger partial charge in [0.05, 0.1) is 0 Å². The lowest BCUT2D eigenvalue weighted by atomic mass is 10.9. The molecule has 0 aromatic heterocycles. The Balaban J connectivity index is 0. The molecule has 0 saturated carbocycles. The molecule has 0 aromatic rings. The zero-order valence-electron chi connectivity index (χ0n) is 7.77. The van der Waals surface area contributed by atoms with Gasteiger partial charge in [0, 0.05) is 13.2 Å². The lowest BCUT2D eigenvalue weighted by Gasteiger charge is -2.14. The van der Waals surface area contributed by atoms with E-state index in [0.29, 0.717) is 0 Å². The third-order valence-corrected chi connectivity index (χ3v) is 1.73. The van der Waals surface area contributed by atoms with Crippen LogP contribution in [0.25, 0.3) is 0 Å². The summed E-state index contributed by atoms with van der Waals surface area (Å²) in [5.41, 5.74) is 0. The first-order valence-electron chi connectivity index (χ1n) is 3.72. The molecule has 0 aliphatic rings. The van der Waals surface area contributed by atoms with Gasteiger partial charge in [-0.3, -0.25) is 0 Å². The van der Waals surface area contributed by atoms with E-state index in [1.165, 1.54) is 0 Å². The summed E-state index contributed by atoms with van der Waals surface area (Å²) in [5, 5.41) is 7.57. The monoisotopic (exact) mass is 164 g/mol. The maximum Gasteiger partial charge on any atom is 0.183 e. The van der Waals surface area contributed by atoms with E-state index >= 15 is 0 Å². The minimum Gasteiger partial charge on any atom is -0.418 e. The summed E-state index contributed by atoms with van der Waals surface area (Å²) in [5.74, 6) is 0. The van der Waals surface area contributed by atoms with E-state index in [1.807, 2.05) is 6.92 Å². The first-order chi connectivity index (χ1) is 4.47. The molecule has 2 nitrogen and oxygen atoms in total. The fourth-order valence-corrected chi connectivity index (χ4v) is 1.30. The van der Waals surface area contributed by atoms with Crippen LogP contribution in [0, 0.1) is 0 Å². The number of hydrogen-bond donors (Lipinski definition) is 1. The van der Waals surface area contributed by atoms with Crippen molar-refractivity contribution in [1.82, 2.24) is 0 Å². The van der Waals surface area contributed by atoms with E-state index < -0.39 is 8.32 Å². The van der Waals surface area contributed by atoms with Crippen LogP contribution in [0.5, 0.6) is 0 Å². The van der Waals surface area contributed by atoms with Gasteiger partial charge in [0.2, 0.25) is 0 Å².